The van der Waals surface area contributed by atoms with E-state index in [-0.39, 0.29) is 11.8 Å². The Morgan fingerprint density at radius 1 is 1.29 bits per heavy atom. The molecule has 0 saturated heterocycles. The quantitative estimate of drug-likeness (QED) is 0.805. The van der Waals surface area contributed by atoms with Gasteiger partial charge >= 0.3 is 11.8 Å². The van der Waals surface area contributed by atoms with Gasteiger partial charge in [0.25, 0.3) is 0 Å². The molecule has 1 aromatic heterocycles. The number of hydrogen-bond acceptors (Lipinski definition) is 4. The molecule has 24 heavy (non-hydrogen) atoms. The first-order chi connectivity index (χ1) is 11.7. The van der Waals surface area contributed by atoms with E-state index in [1.54, 1.807) is 6.07 Å². The van der Waals surface area contributed by atoms with E-state index in [4.69, 9.17) is 16.0 Å². The highest BCUT2D eigenvalue weighted by Crippen LogP contribution is 2.19. The third-order valence-electron chi connectivity index (χ3n) is 4.02. The number of carbonyl (C=O) groups excluding carboxylic acids is 1. The molecule has 3 rings (SSSR count). The molecular weight excluding hydrogens is 326 g/mol. The van der Waals surface area contributed by atoms with Gasteiger partial charge in [0.05, 0.1) is 6.42 Å². The summed E-state index contributed by atoms with van der Waals surface area (Å²) in [6, 6.07) is 7.43. The van der Waals surface area contributed by atoms with E-state index in [0.717, 1.165) is 24.8 Å². The van der Waals surface area contributed by atoms with Crippen LogP contribution in [0.4, 0.5) is 0 Å². The fraction of sp³-hybridized carbons (Fsp3) is 0.389. The van der Waals surface area contributed by atoms with Crippen LogP contribution in [-0.2, 0) is 6.42 Å². The Bertz CT molecular complexity index is 739. The third kappa shape index (κ3) is 4.68. The molecule has 0 spiro atoms. The van der Waals surface area contributed by atoms with Crippen LogP contribution in [0.1, 0.15) is 54.2 Å². The van der Waals surface area contributed by atoms with Crippen LogP contribution in [0, 0.1) is 0 Å². The molecule has 126 valence electrons. The summed E-state index contributed by atoms with van der Waals surface area (Å²) in [5, 5.41) is 11.2. The van der Waals surface area contributed by atoms with E-state index < -0.39 is 0 Å². The van der Waals surface area contributed by atoms with Crippen molar-refractivity contribution in [2.24, 2.45) is 0 Å². The SMILES string of the molecule is O=C(NCCC1=CCCCC1)c1nnc(Cc2cccc(Cl)c2)o1. The molecule has 6 heteroatoms. The summed E-state index contributed by atoms with van der Waals surface area (Å²) in [6.45, 7) is 0.594. The second-order valence-electron chi connectivity index (χ2n) is 5.92. The summed E-state index contributed by atoms with van der Waals surface area (Å²) in [5.41, 5.74) is 2.39. The van der Waals surface area contributed by atoms with Crippen molar-refractivity contribution in [1.29, 1.82) is 0 Å². The van der Waals surface area contributed by atoms with Gasteiger partial charge in [0, 0.05) is 11.6 Å². The smallest absolute Gasteiger partial charge is 0.308 e. The van der Waals surface area contributed by atoms with Gasteiger partial charge in [-0.1, -0.05) is 35.4 Å². The van der Waals surface area contributed by atoms with Gasteiger partial charge in [-0.25, -0.2) is 0 Å². The van der Waals surface area contributed by atoms with E-state index in [1.165, 1.54) is 18.4 Å². The lowest BCUT2D eigenvalue weighted by molar-refractivity contribution is 0.0917. The van der Waals surface area contributed by atoms with Gasteiger partial charge in [-0.05, 0) is 49.8 Å². The Hall–Kier alpha value is -2.14. The standard InChI is InChI=1S/C18H20ClN3O2/c19-15-8-4-7-14(11-15)12-16-21-22-18(24-16)17(23)20-10-9-13-5-2-1-3-6-13/h4-5,7-8,11H,1-3,6,9-10,12H2,(H,20,23). The Kier molecular flexibility index (Phi) is 5.64. The lowest BCUT2D eigenvalue weighted by Gasteiger charge is -2.12. The lowest BCUT2D eigenvalue weighted by Crippen LogP contribution is -2.25. The van der Waals surface area contributed by atoms with Crippen LogP contribution in [0.2, 0.25) is 5.02 Å². The number of hydrogen-bond donors (Lipinski definition) is 1. The largest absolute Gasteiger partial charge is 0.417 e. The van der Waals surface area contributed by atoms with Crippen LogP contribution in [0.3, 0.4) is 0 Å². The first-order valence-electron chi connectivity index (χ1n) is 8.23. The van der Waals surface area contributed by atoms with Gasteiger partial charge in [-0.3, -0.25) is 4.79 Å². The molecule has 1 heterocycles. The molecule has 1 aliphatic rings. The average Bonchev–Trinajstić information content (AvgIpc) is 3.04. The molecule has 5 nitrogen and oxygen atoms in total. The number of aromatic nitrogens is 2. The van der Waals surface area contributed by atoms with Gasteiger partial charge in [0.15, 0.2) is 0 Å². The first-order valence-corrected chi connectivity index (χ1v) is 8.61. The molecule has 1 aliphatic carbocycles. The zero-order chi connectivity index (χ0) is 16.8. The Balaban J connectivity index is 1.51. The third-order valence-corrected chi connectivity index (χ3v) is 4.26. The minimum absolute atomic E-state index is 0.00431. The zero-order valence-corrected chi connectivity index (χ0v) is 14.2. The molecule has 2 aromatic rings. The second kappa shape index (κ2) is 8.11. The Morgan fingerprint density at radius 3 is 3.00 bits per heavy atom. The monoisotopic (exact) mass is 345 g/mol. The molecule has 1 aromatic carbocycles. The van der Waals surface area contributed by atoms with E-state index in [9.17, 15) is 4.79 Å². The molecule has 1 amide bonds. The molecule has 0 bridgehead atoms. The topological polar surface area (TPSA) is 68.0 Å². The lowest BCUT2D eigenvalue weighted by atomic mass is 9.97. The summed E-state index contributed by atoms with van der Waals surface area (Å²) in [4.78, 5) is 12.1. The number of rotatable bonds is 6. The van der Waals surface area contributed by atoms with Crippen molar-refractivity contribution in [2.45, 2.75) is 38.5 Å². The number of halogens is 1. The van der Waals surface area contributed by atoms with Crippen molar-refractivity contribution in [2.75, 3.05) is 6.54 Å². The number of amides is 1. The van der Waals surface area contributed by atoms with Gasteiger partial charge in [-0.2, -0.15) is 0 Å². The number of nitrogens with one attached hydrogen (secondary N) is 1. The highest BCUT2D eigenvalue weighted by molar-refractivity contribution is 6.30. The molecule has 0 radical (unpaired) electrons. The number of nitrogens with zero attached hydrogens (tertiary/aromatic N) is 2. The molecule has 0 saturated carbocycles. The molecular formula is C18H20ClN3O2. The van der Waals surface area contributed by atoms with Crippen LogP contribution >= 0.6 is 11.6 Å². The van der Waals surface area contributed by atoms with Crippen LogP contribution in [0.15, 0.2) is 40.3 Å². The van der Waals surface area contributed by atoms with Crippen molar-refractivity contribution in [3.63, 3.8) is 0 Å². The van der Waals surface area contributed by atoms with Crippen molar-refractivity contribution >= 4 is 17.5 Å². The normalized spacial score (nSPS) is 14.3. The highest BCUT2D eigenvalue weighted by atomic mass is 35.5. The van der Waals surface area contributed by atoms with Crippen LogP contribution in [-0.4, -0.2) is 22.6 Å². The number of benzene rings is 1. The minimum atomic E-state index is -0.323. The summed E-state index contributed by atoms with van der Waals surface area (Å²) in [6.07, 6.45) is 8.43. The van der Waals surface area contributed by atoms with Crippen LogP contribution in [0.25, 0.3) is 0 Å². The predicted molar refractivity (Wildman–Crippen MR) is 92.1 cm³/mol. The van der Waals surface area contributed by atoms with E-state index in [0.29, 0.717) is 23.9 Å². The molecule has 0 atom stereocenters. The summed E-state index contributed by atoms with van der Waals surface area (Å²) in [7, 11) is 0. The van der Waals surface area contributed by atoms with Crippen molar-refractivity contribution in [3.05, 3.63) is 58.3 Å². The van der Waals surface area contributed by atoms with E-state index in [1.807, 2.05) is 18.2 Å². The summed E-state index contributed by atoms with van der Waals surface area (Å²) >= 11 is 5.95. The molecule has 1 N–H and O–H groups in total. The molecule has 0 aliphatic heterocycles. The van der Waals surface area contributed by atoms with Gasteiger partial charge in [-0.15, -0.1) is 10.2 Å². The Morgan fingerprint density at radius 2 is 2.21 bits per heavy atom. The van der Waals surface area contributed by atoms with Crippen molar-refractivity contribution in [3.8, 4) is 0 Å². The van der Waals surface area contributed by atoms with Crippen LogP contribution < -0.4 is 5.32 Å². The number of allylic oxidation sites excluding steroid dienone is 1. The summed E-state index contributed by atoms with van der Waals surface area (Å²) < 4.78 is 5.44. The fourth-order valence-corrected chi connectivity index (χ4v) is 3.00. The zero-order valence-electron chi connectivity index (χ0n) is 13.4. The highest BCUT2D eigenvalue weighted by Gasteiger charge is 2.15. The fourth-order valence-electron chi connectivity index (χ4n) is 2.78. The predicted octanol–water partition coefficient (Wildman–Crippen LogP) is 3.93. The average molecular weight is 346 g/mol. The maximum atomic E-state index is 12.1. The second-order valence-corrected chi connectivity index (χ2v) is 6.36. The minimum Gasteiger partial charge on any atom is -0.417 e. The maximum absolute atomic E-state index is 12.1. The van der Waals surface area contributed by atoms with E-state index in [2.05, 4.69) is 21.6 Å². The Labute approximate surface area is 146 Å². The molecule has 0 unspecified atom stereocenters. The van der Waals surface area contributed by atoms with E-state index >= 15 is 0 Å². The van der Waals surface area contributed by atoms with Crippen molar-refractivity contribution < 1.29 is 9.21 Å². The molecule has 0 fully saturated rings. The number of carbonyl (C=O) groups is 1. The van der Waals surface area contributed by atoms with Crippen molar-refractivity contribution in [1.82, 2.24) is 15.5 Å². The van der Waals surface area contributed by atoms with Gasteiger partial charge < -0.3 is 9.73 Å². The van der Waals surface area contributed by atoms with Gasteiger partial charge in [0.2, 0.25) is 5.89 Å². The van der Waals surface area contributed by atoms with Gasteiger partial charge in [0.1, 0.15) is 0 Å². The van der Waals surface area contributed by atoms with Crippen LogP contribution in [0.5, 0.6) is 0 Å². The first kappa shape index (κ1) is 16.7. The maximum Gasteiger partial charge on any atom is 0.308 e. The summed E-state index contributed by atoms with van der Waals surface area (Å²) in [5.74, 6) is 0.0818.